The molecule has 9 heteroatoms. The van der Waals surface area contributed by atoms with Gasteiger partial charge in [0.25, 0.3) is 0 Å². The first-order chi connectivity index (χ1) is 14.4. The van der Waals surface area contributed by atoms with Gasteiger partial charge in [-0.05, 0) is 50.8 Å². The Hall–Kier alpha value is -2.58. The Morgan fingerprint density at radius 2 is 1.74 bits per heavy atom. The number of hydrogen-bond acceptors (Lipinski definition) is 3. The Morgan fingerprint density at radius 1 is 1.13 bits per heavy atom. The molecule has 0 spiro atoms. The first-order valence-electron chi connectivity index (χ1n) is 10.0. The zero-order chi connectivity index (χ0) is 23.1. The summed E-state index contributed by atoms with van der Waals surface area (Å²) in [5.41, 5.74) is -3.57. The standard InChI is InChI=1S/C22H23F5N2O2/c1-4-29-8-7-28-20(29)18(31)6-5-17(30)14-11-13(14)12-9-15(23)19(16(24)10-12)21(2,3)22(25,26)27/h7-10,13-14H,4-6,11H2,1-3H3. The van der Waals surface area contributed by atoms with Crippen LogP contribution in [0.4, 0.5) is 22.0 Å². The number of aryl methyl sites for hydroxylation is 1. The highest BCUT2D eigenvalue weighted by atomic mass is 19.4. The van der Waals surface area contributed by atoms with Crippen molar-refractivity contribution in [3.63, 3.8) is 0 Å². The zero-order valence-electron chi connectivity index (χ0n) is 17.4. The molecule has 1 aliphatic carbocycles. The number of Topliss-reactive ketones (excluding diaryl/α,β-unsaturated/α-hetero) is 2. The van der Waals surface area contributed by atoms with E-state index in [1.54, 1.807) is 10.8 Å². The Bertz CT molecular complexity index is 987. The number of benzene rings is 1. The molecule has 1 aliphatic rings. The number of rotatable bonds is 8. The second kappa shape index (κ2) is 8.16. The number of ketones is 2. The van der Waals surface area contributed by atoms with E-state index in [0.29, 0.717) is 13.0 Å². The van der Waals surface area contributed by atoms with Crippen LogP contribution in [-0.4, -0.2) is 27.3 Å². The molecule has 2 atom stereocenters. The van der Waals surface area contributed by atoms with Crippen LogP contribution in [0.3, 0.4) is 0 Å². The third kappa shape index (κ3) is 4.41. The maximum atomic E-state index is 14.5. The summed E-state index contributed by atoms with van der Waals surface area (Å²) in [5.74, 6) is -3.74. The molecular weight excluding hydrogens is 419 g/mol. The molecule has 1 heterocycles. The third-order valence-electron chi connectivity index (χ3n) is 5.93. The van der Waals surface area contributed by atoms with E-state index in [4.69, 9.17) is 0 Å². The van der Waals surface area contributed by atoms with Crippen LogP contribution < -0.4 is 0 Å². The fraction of sp³-hybridized carbons (Fsp3) is 0.500. The van der Waals surface area contributed by atoms with Crippen molar-refractivity contribution < 1.29 is 31.5 Å². The van der Waals surface area contributed by atoms with Gasteiger partial charge in [0.2, 0.25) is 0 Å². The molecule has 0 amide bonds. The molecule has 3 rings (SSSR count). The summed E-state index contributed by atoms with van der Waals surface area (Å²) < 4.78 is 70.2. The van der Waals surface area contributed by atoms with E-state index >= 15 is 0 Å². The Morgan fingerprint density at radius 3 is 2.29 bits per heavy atom. The van der Waals surface area contributed by atoms with Gasteiger partial charge in [-0.1, -0.05) is 0 Å². The average Bonchev–Trinajstić information content (AvgIpc) is 3.33. The molecule has 0 saturated heterocycles. The van der Waals surface area contributed by atoms with Gasteiger partial charge in [-0.3, -0.25) is 9.59 Å². The van der Waals surface area contributed by atoms with Crippen LogP contribution in [0.5, 0.6) is 0 Å². The predicted octanol–water partition coefficient (Wildman–Crippen LogP) is 5.36. The van der Waals surface area contributed by atoms with Crippen molar-refractivity contribution in [3.05, 3.63) is 53.1 Å². The van der Waals surface area contributed by atoms with Crippen LogP contribution >= 0.6 is 0 Å². The predicted molar refractivity (Wildman–Crippen MR) is 103 cm³/mol. The fourth-order valence-corrected chi connectivity index (χ4v) is 3.82. The lowest BCUT2D eigenvalue weighted by Crippen LogP contribution is -2.38. The molecule has 4 nitrogen and oxygen atoms in total. The highest BCUT2D eigenvalue weighted by Crippen LogP contribution is 2.50. The molecule has 31 heavy (non-hydrogen) atoms. The van der Waals surface area contributed by atoms with E-state index < -0.39 is 40.6 Å². The molecule has 1 fully saturated rings. The number of nitrogens with zero attached hydrogens (tertiary/aromatic N) is 2. The molecule has 168 valence electrons. The van der Waals surface area contributed by atoms with Crippen LogP contribution in [0.15, 0.2) is 24.5 Å². The molecule has 2 unspecified atom stereocenters. The number of imidazole rings is 1. The van der Waals surface area contributed by atoms with E-state index in [2.05, 4.69) is 4.98 Å². The first-order valence-corrected chi connectivity index (χ1v) is 10.0. The van der Waals surface area contributed by atoms with Gasteiger partial charge >= 0.3 is 6.18 Å². The van der Waals surface area contributed by atoms with Crippen molar-refractivity contribution in [3.8, 4) is 0 Å². The van der Waals surface area contributed by atoms with Crippen LogP contribution in [0, 0.1) is 17.6 Å². The molecule has 1 aromatic heterocycles. The molecule has 0 aliphatic heterocycles. The Labute approximate surface area is 176 Å². The van der Waals surface area contributed by atoms with Gasteiger partial charge in [-0.15, -0.1) is 0 Å². The van der Waals surface area contributed by atoms with Crippen molar-refractivity contribution in [2.45, 2.75) is 64.1 Å². The quantitative estimate of drug-likeness (QED) is 0.409. The van der Waals surface area contributed by atoms with Gasteiger partial charge in [0.05, 0.1) is 5.41 Å². The minimum absolute atomic E-state index is 0.0271. The van der Waals surface area contributed by atoms with Crippen LogP contribution in [-0.2, 0) is 16.8 Å². The van der Waals surface area contributed by atoms with Gasteiger partial charge < -0.3 is 4.57 Å². The lowest BCUT2D eigenvalue weighted by molar-refractivity contribution is -0.181. The molecular formula is C22H23F5N2O2. The minimum Gasteiger partial charge on any atom is -0.329 e. The van der Waals surface area contributed by atoms with E-state index in [0.717, 1.165) is 26.0 Å². The second-order valence-corrected chi connectivity index (χ2v) is 8.36. The van der Waals surface area contributed by atoms with Crippen LogP contribution in [0.2, 0.25) is 0 Å². The smallest absolute Gasteiger partial charge is 0.329 e. The van der Waals surface area contributed by atoms with Gasteiger partial charge in [-0.25, -0.2) is 13.8 Å². The Balaban J connectivity index is 1.67. The van der Waals surface area contributed by atoms with Crippen LogP contribution in [0.1, 0.15) is 67.7 Å². The van der Waals surface area contributed by atoms with Gasteiger partial charge in [-0.2, -0.15) is 13.2 Å². The Kier molecular flexibility index (Phi) is 6.08. The maximum Gasteiger partial charge on any atom is 0.398 e. The summed E-state index contributed by atoms with van der Waals surface area (Å²) in [6, 6.07) is 1.76. The van der Waals surface area contributed by atoms with Gasteiger partial charge in [0.1, 0.15) is 17.4 Å². The minimum atomic E-state index is -4.83. The van der Waals surface area contributed by atoms with Crippen LogP contribution in [0.25, 0.3) is 0 Å². The van der Waals surface area contributed by atoms with Gasteiger partial charge in [0, 0.05) is 43.3 Å². The monoisotopic (exact) mass is 442 g/mol. The number of halogens is 5. The average molecular weight is 442 g/mol. The summed E-state index contributed by atoms with van der Waals surface area (Å²) >= 11 is 0. The molecule has 1 saturated carbocycles. The number of aromatic nitrogens is 2. The lowest BCUT2D eigenvalue weighted by Gasteiger charge is -2.29. The first kappa shape index (κ1) is 23.1. The summed E-state index contributed by atoms with van der Waals surface area (Å²) in [4.78, 5) is 28.7. The van der Waals surface area contributed by atoms with Crippen molar-refractivity contribution in [2.75, 3.05) is 0 Å². The number of hydrogen-bond donors (Lipinski definition) is 0. The molecule has 0 bridgehead atoms. The van der Waals surface area contributed by atoms with Gasteiger partial charge in [0.15, 0.2) is 11.6 Å². The zero-order valence-corrected chi connectivity index (χ0v) is 17.4. The highest BCUT2D eigenvalue weighted by molar-refractivity contribution is 5.96. The van der Waals surface area contributed by atoms with E-state index in [9.17, 15) is 31.5 Å². The second-order valence-electron chi connectivity index (χ2n) is 8.36. The lowest BCUT2D eigenvalue weighted by atomic mass is 9.82. The van der Waals surface area contributed by atoms with Crippen molar-refractivity contribution in [2.24, 2.45) is 5.92 Å². The molecule has 2 aromatic rings. The van der Waals surface area contributed by atoms with Crippen molar-refractivity contribution in [1.29, 1.82) is 0 Å². The molecule has 1 aromatic carbocycles. The van der Waals surface area contributed by atoms with E-state index in [-0.39, 0.29) is 35.8 Å². The van der Waals surface area contributed by atoms with E-state index in [1.165, 1.54) is 6.20 Å². The third-order valence-corrected chi connectivity index (χ3v) is 5.93. The topological polar surface area (TPSA) is 52.0 Å². The number of alkyl halides is 3. The number of carbonyl (C=O) groups is 2. The molecule has 0 radical (unpaired) electrons. The fourth-order valence-electron chi connectivity index (χ4n) is 3.82. The largest absolute Gasteiger partial charge is 0.398 e. The molecule has 0 N–H and O–H groups in total. The summed E-state index contributed by atoms with van der Waals surface area (Å²) in [6.45, 7) is 3.87. The van der Waals surface area contributed by atoms with Crippen molar-refractivity contribution in [1.82, 2.24) is 9.55 Å². The summed E-state index contributed by atoms with van der Waals surface area (Å²) in [7, 11) is 0. The summed E-state index contributed by atoms with van der Waals surface area (Å²) in [6.07, 6.45) is -1.37. The summed E-state index contributed by atoms with van der Waals surface area (Å²) in [5, 5.41) is 0. The number of carbonyl (C=O) groups excluding carboxylic acids is 2. The van der Waals surface area contributed by atoms with Crippen molar-refractivity contribution >= 4 is 11.6 Å². The highest BCUT2D eigenvalue weighted by Gasteiger charge is 2.52. The van der Waals surface area contributed by atoms with E-state index in [1.807, 2.05) is 6.92 Å². The normalized spacial score (nSPS) is 18.8. The SMILES string of the molecule is CCn1ccnc1C(=O)CCC(=O)C1CC1c1cc(F)c(C(C)(C)C(F)(F)F)c(F)c1. The maximum absolute atomic E-state index is 14.5.